The van der Waals surface area contributed by atoms with Crippen LogP contribution in [0.5, 0.6) is 0 Å². The molecule has 0 aliphatic carbocycles. The van der Waals surface area contributed by atoms with Gasteiger partial charge in [0.05, 0.1) is 6.04 Å². The smallest absolute Gasteiger partial charge is 0.318 e. The topological polar surface area (TPSA) is 55.9 Å². The number of urea groups is 1. The zero-order valence-corrected chi connectivity index (χ0v) is 22.0. The van der Waals surface area contributed by atoms with E-state index in [1.54, 1.807) is 4.90 Å². The van der Waals surface area contributed by atoms with E-state index < -0.39 is 0 Å². The zero-order valence-electron chi connectivity index (χ0n) is 22.0. The van der Waals surface area contributed by atoms with Gasteiger partial charge in [-0.05, 0) is 45.2 Å². The monoisotopic (exact) mass is 478 g/mol. The second kappa shape index (κ2) is 12.2. The molecular formula is C29H42N4O2. The largest absolute Gasteiger partial charge is 0.340 e. The lowest BCUT2D eigenvalue weighted by atomic mass is 9.96. The molecule has 0 saturated carbocycles. The molecule has 0 radical (unpaired) electrons. The van der Waals surface area contributed by atoms with Crippen LogP contribution in [-0.4, -0.2) is 70.9 Å². The van der Waals surface area contributed by atoms with Gasteiger partial charge >= 0.3 is 6.03 Å². The number of carbonyl (C=O) groups excluding carboxylic acids is 2. The van der Waals surface area contributed by atoms with Crippen LogP contribution in [0.15, 0.2) is 60.7 Å². The molecule has 0 spiro atoms. The van der Waals surface area contributed by atoms with Crippen LogP contribution in [0, 0.1) is 0 Å². The van der Waals surface area contributed by atoms with Gasteiger partial charge in [-0.2, -0.15) is 0 Å². The lowest BCUT2D eigenvalue weighted by Crippen LogP contribution is -2.53. The Hall–Kier alpha value is -2.86. The first kappa shape index (κ1) is 26.7. The van der Waals surface area contributed by atoms with E-state index in [1.807, 2.05) is 44.7 Å². The fraction of sp³-hybridized carbons (Fsp3) is 0.517. The molecule has 1 saturated heterocycles. The fourth-order valence-corrected chi connectivity index (χ4v) is 4.62. The van der Waals surface area contributed by atoms with Gasteiger partial charge in [-0.3, -0.25) is 9.69 Å². The van der Waals surface area contributed by atoms with E-state index in [0.717, 1.165) is 19.5 Å². The quantitative estimate of drug-likeness (QED) is 0.586. The molecule has 0 aromatic heterocycles. The summed E-state index contributed by atoms with van der Waals surface area (Å²) in [4.78, 5) is 32.1. The highest BCUT2D eigenvalue weighted by Gasteiger charge is 2.29. The summed E-state index contributed by atoms with van der Waals surface area (Å²) in [5, 5.41) is 3.04. The number of amides is 3. The number of nitrogens with one attached hydrogen (secondary N) is 1. The van der Waals surface area contributed by atoms with E-state index in [-0.39, 0.29) is 29.6 Å². The molecule has 0 bridgehead atoms. The number of hydrogen-bond acceptors (Lipinski definition) is 3. The highest BCUT2D eigenvalue weighted by Crippen LogP contribution is 2.29. The third-order valence-electron chi connectivity index (χ3n) is 6.69. The maximum Gasteiger partial charge on any atom is 0.318 e. The standard InChI is InChI=1S/C29H42N4O2/c1-6-23(2)33(28(35)30-29(3,4)5)18-17-26(34)31-19-21-32(22-20-31)27(24-13-9-7-10-14-24)25-15-11-8-12-16-25/h7-16,23,27H,6,17-22H2,1-5H3,(H,30,35). The highest BCUT2D eigenvalue weighted by atomic mass is 16.2. The van der Waals surface area contributed by atoms with Crippen LogP contribution >= 0.6 is 0 Å². The molecule has 1 fully saturated rings. The predicted molar refractivity (Wildman–Crippen MR) is 142 cm³/mol. The first-order valence-electron chi connectivity index (χ1n) is 12.9. The average Bonchev–Trinajstić information content (AvgIpc) is 2.84. The van der Waals surface area contributed by atoms with Crippen LogP contribution in [0.4, 0.5) is 4.79 Å². The lowest BCUT2D eigenvalue weighted by molar-refractivity contribution is -0.133. The Morgan fingerprint density at radius 3 is 1.89 bits per heavy atom. The molecule has 1 N–H and O–H groups in total. The number of hydrogen-bond donors (Lipinski definition) is 1. The molecule has 1 atom stereocenters. The van der Waals surface area contributed by atoms with Crippen molar-refractivity contribution in [3.8, 4) is 0 Å². The van der Waals surface area contributed by atoms with Crippen molar-refractivity contribution in [2.24, 2.45) is 0 Å². The molecule has 35 heavy (non-hydrogen) atoms. The highest BCUT2D eigenvalue weighted by molar-refractivity contribution is 5.79. The summed E-state index contributed by atoms with van der Waals surface area (Å²) in [5.41, 5.74) is 2.23. The SMILES string of the molecule is CCC(C)N(CCC(=O)N1CCN(C(c2ccccc2)c2ccccc2)CC1)C(=O)NC(C)(C)C. The second-order valence-electron chi connectivity index (χ2n) is 10.5. The van der Waals surface area contributed by atoms with E-state index >= 15 is 0 Å². The van der Waals surface area contributed by atoms with Crippen LogP contribution in [0.1, 0.15) is 64.6 Å². The summed E-state index contributed by atoms with van der Waals surface area (Å²) >= 11 is 0. The Morgan fingerprint density at radius 2 is 1.43 bits per heavy atom. The minimum atomic E-state index is -0.308. The Kier molecular flexibility index (Phi) is 9.33. The van der Waals surface area contributed by atoms with Gasteiger partial charge in [0.25, 0.3) is 0 Å². The van der Waals surface area contributed by atoms with Gasteiger partial charge in [0.15, 0.2) is 0 Å². The molecule has 1 aliphatic rings. The Morgan fingerprint density at radius 1 is 0.914 bits per heavy atom. The van der Waals surface area contributed by atoms with E-state index in [1.165, 1.54) is 11.1 Å². The second-order valence-corrected chi connectivity index (χ2v) is 10.5. The minimum absolute atomic E-state index is 0.0829. The molecule has 190 valence electrons. The molecule has 2 aromatic rings. The van der Waals surface area contributed by atoms with Crippen molar-refractivity contribution in [2.75, 3.05) is 32.7 Å². The van der Waals surface area contributed by atoms with Crippen molar-refractivity contribution in [1.29, 1.82) is 0 Å². The van der Waals surface area contributed by atoms with Crippen LogP contribution < -0.4 is 5.32 Å². The lowest BCUT2D eigenvalue weighted by Gasteiger charge is -2.40. The third kappa shape index (κ3) is 7.56. The molecule has 1 heterocycles. The van der Waals surface area contributed by atoms with Crippen LogP contribution in [0.25, 0.3) is 0 Å². The molecule has 1 unspecified atom stereocenters. The Labute approximate surface area is 211 Å². The summed E-state index contributed by atoms with van der Waals surface area (Å²) < 4.78 is 0. The zero-order chi connectivity index (χ0) is 25.4. The third-order valence-corrected chi connectivity index (χ3v) is 6.69. The minimum Gasteiger partial charge on any atom is -0.340 e. The van der Waals surface area contributed by atoms with E-state index in [2.05, 4.69) is 65.7 Å². The first-order valence-corrected chi connectivity index (χ1v) is 12.9. The van der Waals surface area contributed by atoms with E-state index in [9.17, 15) is 9.59 Å². The number of piperazine rings is 1. The maximum atomic E-state index is 13.1. The van der Waals surface area contributed by atoms with Crippen molar-refractivity contribution in [3.63, 3.8) is 0 Å². The average molecular weight is 479 g/mol. The molecule has 6 nitrogen and oxygen atoms in total. The summed E-state index contributed by atoms with van der Waals surface area (Å²) in [5.74, 6) is 0.123. The van der Waals surface area contributed by atoms with Crippen molar-refractivity contribution >= 4 is 11.9 Å². The van der Waals surface area contributed by atoms with Gasteiger partial charge in [0, 0.05) is 50.7 Å². The number of benzene rings is 2. The Bertz CT molecular complexity index is 895. The van der Waals surface area contributed by atoms with Crippen molar-refractivity contribution in [3.05, 3.63) is 71.8 Å². The fourth-order valence-electron chi connectivity index (χ4n) is 4.62. The summed E-state index contributed by atoms with van der Waals surface area (Å²) in [6.07, 6.45) is 1.20. The van der Waals surface area contributed by atoms with Crippen molar-refractivity contribution < 1.29 is 9.59 Å². The van der Waals surface area contributed by atoms with Gasteiger partial charge in [-0.25, -0.2) is 4.79 Å². The van der Waals surface area contributed by atoms with Gasteiger partial charge < -0.3 is 15.1 Å². The Balaban J connectivity index is 1.61. The molecule has 1 aliphatic heterocycles. The van der Waals surface area contributed by atoms with Crippen molar-refractivity contribution in [2.45, 2.75) is 65.1 Å². The van der Waals surface area contributed by atoms with E-state index in [4.69, 9.17) is 0 Å². The van der Waals surface area contributed by atoms with Gasteiger partial charge in [-0.1, -0.05) is 67.6 Å². The molecule has 3 rings (SSSR count). The molecular weight excluding hydrogens is 436 g/mol. The summed E-state index contributed by atoms with van der Waals surface area (Å²) in [7, 11) is 0. The molecule has 3 amide bonds. The van der Waals surface area contributed by atoms with Crippen LogP contribution in [0.3, 0.4) is 0 Å². The summed E-state index contributed by atoms with van der Waals surface area (Å²) in [6.45, 7) is 13.5. The number of rotatable bonds is 8. The van der Waals surface area contributed by atoms with Gasteiger partial charge in [-0.15, -0.1) is 0 Å². The maximum absolute atomic E-state index is 13.1. The number of carbonyl (C=O) groups is 2. The van der Waals surface area contributed by atoms with Gasteiger partial charge in [0.2, 0.25) is 5.91 Å². The van der Waals surface area contributed by atoms with Crippen LogP contribution in [-0.2, 0) is 4.79 Å². The summed E-state index contributed by atoms with van der Waals surface area (Å²) in [6, 6.07) is 21.3. The number of nitrogens with zero attached hydrogens (tertiary/aromatic N) is 3. The molecule has 6 heteroatoms. The molecule has 2 aromatic carbocycles. The predicted octanol–water partition coefficient (Wildman–Crippen LogP) is 4.92. The van der Waals surface area contributed by atoms with Gasteiger partial charge in [0.1, 0.15) is 0 Å². The van der Waals surface area contributed by atoms with Crippen molar-refractivity contribution in [1.82, 2.24) is 20.0 Å². The van der Waals surface area contributed by atoms with E-state index in [0.29, 0.717) is 26.1 Å². The van der Waals surface area contributed by atoms with Crippen LogP contribution in [0.2, 0.25) is 0 Å². The first-order chi connectivity index (χ1) is 16.7. The normalized spacial score (nSPS) is 15.7.